The third-order valence-electron chi connectivity index (χ3n) is 3.70. The SMILES string of the molecule is O=C(O)c1cccc(-n2c(O)cn(-c3ccc(C(F)(F)F)cc3)c2=O)c1. The summed E-state index contributed by atoms with van der Waals surface area (Å²) in [6.07, 6.45) is -3.47. The second-order valence-electron chi connectivity index (χ2n) is 5.38. The van der Waals surface area contributed by atoms with E-state index in [0.717, 1.165) is 39.6 Å². The van der Waals surface area contributed by atoms with Gasteiger partial charge in [0.1, 0.15) is 0 Å². The van der Waals surface area contributed by atoms with Crippen molar-refractivity contribution in [2.24, 2.45) is 0 Å². The topological polar surface area (TPSA) is 84.5 Å². The predicted octanol–water partition coefficient (Wildman–Crippen LogP) is 3.05. The first-order valence-electron chi connectivity index (χ1n) is 7.23. The summed E-state index contributed by atoms with van der Waals surface area (Å²) in [7, 11) is 0. The Balaban J connectivity index is 2.08. The van der Waals surface area contributed by atoms with Crippen LogP contribution in [0, 0.1) is 0 Å². The highest BCUT2D eigenvalue weighted by Gasteiger charge is 2.30. The first kappa shape index (κ1) is 17.3. The zero-order valence-corrected chi connectivity index (χ0v) is 12.9. The Labute approximate surface area is 144 Å². The van der Waals surface area contributed by atoms with Crippen LogP contribution in [-0.4, -0.2) is 25.3 Å². The first-order chi connectivity index (χ1) is 12.2. The van der Waals surface area contributed by atoms with Crippen molar-refractivity contribution >= 4 is 5.97 Å². The lowest BCUT2D eigenvalue weighted by molar-refractivity contribution is -0.137. The van der Waals surface area contributed by atoms with Gasteiger partial charge in [-0.05, 0) is 42.5 Å². The summed E-state index contributed by atoms with van der Waals surface area (Å²) >= 11 is 0. The van der Waals surface area contributed by atoms with Gasteiger partial charge in [0.25, 0.3) is 0 Å². The van der Waals surface area contributed by atoms with Crippen LogP contribution in [0.15, 0.2) is 59.5 Å². The number of hydrogen-bond donors (Lipinski definition) is 2. The minimum Gasteiger partial charge on any atom is -0.493 e. The first-order valence-corrected chi connectivity index (χ1v) is 7.23. The number of carboxylic acid groups (broad SMARTS) is 1. The maximum absolute atomic E-state index is 12.6. The van der Waals surface area contributed by atoms with Gasteiger partial charge in [0.2, 0.25) is 5.88 Å². The predicted molar refractivity (Wildman–Crippen MR) is 85.0 cm³/mol. The second kappa shape index (κ2) is 6.10. The molecule has 0 aliphatic rings. The van der Waals surface area contributed by atoms with E-state index >= 15 is 0 Å². The molecule has 134 valence electrons. The molecule has 0 bridgehead atoms. The molecule has 2 N–H and O–H groups in total. The largest absolute Gasteiger partial charge is 0.493 e. The van der Waals surface area contributed by atoms with Crippen molar-refractivity contribution in [1.29, 1.82) is 0 Å². The molecule has 1 aromatic heterocycles. The van der Waals surface area contributed by atoms with E-state index < -0.39 is 29.3 Å². The molecule has 3 aromatic rings. The fourth-order valence-electron chi connectivity index (χ4n) is 2.45. The quantitative estimate of drug-likeness (QED) is 0.748. The Morgan fingerprint density at radius 3 is 2.23 bits per heavy atom. The summed E-state index contributed by atoms with van der Waals surface area (Å²) < 4.78 is 39.7. The second-order valence-corrected chi connectivity index (χ2v) is 5.38. The Morgan fingerprint density at radius 2 is 1.65 bits per heavy atom. The molecule has 26 heavy (non-hydrogen) atoms. The van der Waals surface area contributed by atoms with E-state index in [1.54, 1.807) is 0 Å². The van der Waals surface area contributed by atoms with E-state index in [9.17, 15) is 27.9 Å². The number of aromatic carboxylic acids is 1. The molecule has 1 heterocycles. The summed E-state index contributed by atoms with van der Waals surface area (Å²) in [6.45, 7) is 0. The van der Waals surface area contributed by atoms with E-state index in [4.69, 9.17) is 5.11 Å². The molecular weight excluding hydrogens is 353 g/mol. The van der Waals surface area contributed by atoms with Crippen LogP contribution in [0.2, 0.25) is 0 Å². The molecular formula is C17H11F3N2O4. The van der Waals surface area contributed by atoms with Crippen LogP contribution in [0.5, 0.6) is 5.88 Å². The smallest absolute Gasteiger partial charge is 0.416 e. The molecule has 0 amide bonds. The summed E-state index contributed by atoms with van der Waals surface area (Å²) in [4.78, 5) is 23.6. The Hall–Kier alpha value is -3.49. The number of carbonyl (C=O) groups is 1. The number of hydrogen-bond acceptors (Lipinski definition) is 3. The highest BCUT2D eigenvalue weighted by Crippen LogP contribution is 2.29. The molecule has 3 rings (SSSR count). The normalized spacial score (nSPS) is 11.5. The Kier molecular flexibility index (Phi) is 4.07. The number of nitrogens with zero attached hydrogens (tertiary/aromatic N) is 2. The maximum Gasteiger partial charge on any atom is 0.416 e. The molecule has 0 saturated carbocycles. The third kappa shape index (κ3) is 3.06. The van der Waals surface area contributed by atoms with Crippen LogP contribution < -0.4 is 5.69 Å². The van der Waals surface area contributed by atoms with Crippen molar-refractivity contribution in [1.82, 2.24) is 9.13 Å². The summed E-state index contributed by atoms with van der Waals surface area (Å²) in [6, 6.07) is 9.18. The van der Waals surface area contributed by atoms with Crippen molar-refractivity contribution in [2.75, 3.05) is 0 Å². The lowest BCUT2D eigenvalue weighted by Gasteiger charge is -2.07. The molecule has 0 fully saturated rings. The van der Waals surface area contributed by atoms with E-state index in [1.165, 1.54) is 24.3 Å². The molecule has 0 saturated heterocycles. The highest BCUT2D eigenvalue weighted by molar-refractivity contribution is 5.88. The van der Waals surface area contributed by atoms with Gasteiger partial charge >= 0.3 is 17.8 Å². The van der Waals surface area contributed by atoms with Crippen LogP contribution in [0.4, 0.5) is 13.2 Å². The fourth-order valence-corrected chi connectivity index (χ4v) is 2.45. The Morgan fingerprint density at radius 1 is 1.00 bits per heavy atom. The number of carboxylic acids is 1. The van der Waals surface area contributed by atoms with Crippen molar-refractivity contribution in [2.45, 2.75) is 6.18 Å². The average molecular weight is 364 g/mol. The van der Waals surface area contributed by atoms with Gasteiger partial charge < -0.3 is 10.2 Å². The zero-order chi connectivity index (χ0) is 19.1. The third-order valence-corrected chi connectivity index (χ3v) is 3.70. The van der Waals surface area contributed by atoms with E-state index in [-0.39, 0.29) is 16.9 Å². The van der Waals surface area contributed by atoms with E-state index in [0.29, 0.717) is 0 Å². The van der Waals surface area contributed by atoms with Crippen molar-refractivity contribution in [3.8, 4) is 17.3 Å². The van der Waals surface area contributed by atoms with Crippen LogP contribution in [-0.2, 0) is 6.18 Å². The number of benzene rings is 2. The number of aromatic hydroxyl groups is 1. The number of imidazole rings is 1. The number of rotatable bonds is 3. The number of aromatic nitrogens is 2. The standard InChI is InChI=1S/C17H11F3N2O4/c18-17(19,20)11-4-6-12(7-5-11)21-9-14(23)22(16(21)26)13-3-1-2-10(8-13)15(24)25/h1-9,23H,(H,24,25). The molecule has 0 atom stereocenters. The summed E-state index contributed by atoms with van der Waals surface area (Å²) in [5.74, 6) is -1.70. The number of halogens is 3. The summed E-state index contributed by atoms with van der Waals surface area (Å²) in [5, 5.41) is 19.1. The van der Waals surface area contributed by atoms with Gasteiger partial charge in [-0.3, -0.25) is 4.57 Å². The molecule has 0 aliphatic carbocycles. The van der Waals surface area contributed by atoms with Crippen molar-refractivity contribution in [3.05, 3.63) is 76.3 Å². The molecule has 9 heteroatoms. The lowest BCUT2D eigenvalue weighted by Crippen LogP contribution is -2.22. The van der Waals surface area contributed by atoms with Gasteiger partial charge in [-0.25, -0.2) is 14.2 Å². The monoisotopic (exact) mass is 364 g/mol. The maximum atomic E-state index is 12.6. The summed E-state index contributed by atoms with van der Waals surface area (Å²) in [5.41, 5.74) is -1.49. The van der Waals surface area contributed by atoms with Crippen LogP contribution >= 0.6 is 0 Å². The molecule has 0 radical (unpaired) electrons. The molecule has 6 nitrogen and oxygen atoms in total. The molecule has 2 aromatic carbocycles. The van der Waals surface area contributed by atoms with Crippen LogP contribution in [0.25, 0.3) is 11.4 Å². The van der Waals surface area contributed by atoms with E-state index in [2.05, 4.69) is 0 Å². The van der Waals surface area contributed by atoms with Crippen LogP contribution in [0.3, 0.4) is 0 Å². The highest BCUT2D eigenvalue weighted by atomic mass is 19.4. The van der Waals surface area contributed by atoms with Gasteiger partial charge in [-0.1, -0.05) is 6.07 Å². The number of alkyl halides is 3. The molecule has 0 unspecified atom stereocenters. The molecule has 0 spiro atoms. The van der Waals surface area contributed by atoms with Crippen LogP contribution in [0.1, 0.15) is 15.9 Å². The Bertz CT molecular complexity index is 1030. The average Bonchev–Trinajstić information content (AvgIpc) is 2.89. The zero-order valence-electron chi connectivity index (χ0n) is 12.9. The van der Waals surface area contributed by atoms with Gasteiger partial charge in [-0.15, -0.1) is 0 Å². The van der Waals surface area contributed by atoms with Gasteiger partial charge in [0.05, 0.1) is 28.7 Å². The van der Waals surface area contributed by atoms with Gasteiger partial charge in [-0.2, -0.15) is 13.2 Å². The fraction of sp³-hybridized carbons (Fsp3) is 0.0588. The van der Waals surface area contributed by atoms with E-state index in [1.807, 2.05) is 0 Å². The minimum atomic E-state index is -4.51. The lowest BCUT2D eigenvalue weighted by atomic mass is 10.2. The van der Waals surface area contributed by atoms with Gasteiger partial charge in [0.15, 0.2) is 0 Å². The minimum absolute atomic E-state index is 0.0870. The van der Waals surface area contributed by atoms with Gasteiger partial charge in [0, 0.05) is 0 Å². The van der Waals surface area contributed by atoms with Crippen molar-refractivity contribution < 1.29 is 28.2 Å². The van der Waals surface area contributed by atoms with Crippen molar-refractivity contribution in [3.63, 3.8) is 0 Å². The molecule has 0 aliphatic heterocycles.